The molecule has 0 radical (unpaired) electrons. The molecule has 1 atom stereocenters. The number of hydrogen-bond acceptors (Lipinski definition) is 4. The Balaban J connectivity index is 1.69. The Morgan fingerprint density at radius 3 is 2.90 bits per heavy atom. The second-order valence-corrected chi connectivity index (χ2v) is 5.62. The van der Waals surface area contributed by atoms with Crippen molar-refractivity contribution in [1.82, 2.24) is 9.88 Å². The summed E-state index contributed by atoms with van der Waals surface area (Å²) >= 11 is 0. The van der Waals surface area contributed by atoms with Crippen LogP contribution in [0.3, 0.4) is 0 Å². The molecule has 0 aliphatic carbocycles. The number of hydrogen-bond donors (Lipinski definition) is 1. The van der Waals surface area contributed by atoms with Crippen molar-refractivity contribution < 1.29 is 9.52 Å². The van der Waals surface area contributed by atoms with Crippen molar-refractivity contribution in [3.63, 3.8) is 0 Å². The maximum atomic E-state index is 9.19. The summed E-state index contributed by atoms with van der Waals surface area (Å²) in [5.41, 5.74) is 1.06. The molecule has 4 nitrogen and oxygen atoms in total. The average Bonchev–Trinajstić information content (AvgIpc) is 2.99. The number of nitrogens with zero attached hydrogens (tertiary/aromatic N) is 2. The van der Waals surface area contributed by atoms with E-state index in [0.717, 1.165) is 43.1 Å². The summed E-state index contributed by atoms with van der Waals surface area (Å²) in [5, 5.41) is 9.19. The third kappa shape index (κ3) is 3.52. The van der Waals surface area contributed by atoms with E-state index in [9.17, 15) is 5.11 Å². The van der Waals surface area contributed by atoms with E-state index in [-0.39, 0.29) is 6.61 Å². The van der Waals surface area contributed by atoms with Crippen LogP contribution in [0.1, 0.15) is 31.6 Å². The SMILES string of the molecule is OCC[C@H]1CCCCN1Cc1ncc(-c2ccccc2)o1. The predicted octanol–water partition coefficient (Wildman–Crippen LogP) is 3.08. The zero-order chi connectivity index (χ0) is 14.5. The first kappa shape index (κ1) is 14.3. The molecule has 0 unspecified atom stereocenters. The molecule has 21 heavy (non-hydrogen) atoms. The lowest BCUT2D eigenvalue weighted by atomic mass is 10.00. The Labute approximate surface area is 125 Å². The van der Waals surface area contributed by atoms with Crippen LogP contribution in [0.4, 0.5) is 0 Å². The van der Waals surface area contributed by atoms with Crippen LogP contribution < -0.4 is 0 Å². The van der Waals surface area contributed by atoms with Crippen molar-refractivity contribution in [3.8, 4) is 11.3 Å². The molecule has 1 fully saturated rings. The molecule has 0 bridgehead atoms. The molecular weight excluding hydrogens is 264 g/mol. The van der Waals surface area contributed by atoms with Crippen molar-refractivity contribution in [3.05, 3.63) is 42.4 Å². The average molecular weight is 286 g/mol. The maximum absolute atomic E-state index is 9.19. The van der Waals surface area contributed by atoms with E-state index < -0.39 is 0 Å². The molecule has 112 valence electrons. The summed E-state index contributed by atoms with van der Waals surface area (Å²) in [6, 6.07) is 10.5. The highest BCUT2D eigenvalue weighted by molar-refractivity contribution is 5.55. The highest BCUT2D eigenvalue weighted by Crippen LogP contribution is 2.24. The van der Waals surface area contributed by atoms with E-state index in [2.05, 4.69) is 9.88 Å². The molecule has 1 aliphatic heterocycles. The van der Waals surface area contributed by atoms with Crippen molar-refractivity contribution in [1.29, 1.82) is 0 Å². The fourth-order valence-corrected chi connectivity index (χ4v) is 3.04. The van der Waals surface area contributed by atoms with Gasteiger partial charge in [-0.05, 0) is 25.8 Å². The van der Waals surface area contributed by atoms with Gasteiger partial charge >= 0.3 is 0 Å². The van der Waals surface area contributed by atoms with E-state index in [1.54, 1.807) is 6.20 Å². The first-order valence-corrected chi connectivity index (χ1v) is 7.72. The van der Waals surface area contributed by atoms with Crippen molar-refractivity contribution >= 4 is 0 Å². The number of likely N-dealkylation sites (tertiary alicyclic amines) is 1. The normalized spacial score (nSPS) is 19.8. The molecule has 0 saturated carbocycles. The quantitative estimate of drug-likeness (QED) is 0.917. The lowest BCUT2D eigenvalue weighted by Gasteiger charge is -2.34. The van der Waals surface area contributed by atoms with Gasteiger partial charge in [-0.1, -0.05) is 36.8 Å². The van der Waals surface area contributed by atoms with Gasteiger partial charge in [-0.25, -0.2) is 4.98 Å². The number of piperidine rings is 1. The zero-order valence-corrected chi connectivity index (χ0v) is 12.2. The Morgan fingerprint density at radius 2 is 2.10 bits per heavy atom. The van der Waals surface area contributed by atoms with E-state index in [0.29, 0.717) is 6.04 Å². The summed E-state index contributed by atoms with van der Waals surface area (Å²) < 4.78 is 5.88. The molecular formula is C17H22N2O2. The van der Waals surface area contributed by atoms with Crippen molar-refractivity contribution in [2.24, 2.45) is 0 Å². The largest absolute Gasteiger partial charge is 0.439 e. The predicted molar refractivity (Wildman–Crippen MR) is 81.7 cm³/mol. The molecule has 1 saturated heterocycles. The van der Waals surface area contributed by atoms with Crippen LogP contribution in [-0.2, 0) is 6.54 Å². The number of oxazole rings is 1. The van der Waals surface area contributed by atoms with Crippen LogP contribution in [0, 0.1) is 0 Å². The summed E-state index contributed by atoms with van der Waals surface area (Å²) in [6.45, 7) is 2.05. The first-order chi connectivity index (χ1) is 10.4. The third-order valence-corrected chi connectivity index (χ3v) is 4.16. The van der Waals surface area contributed by atoms with Gasteiger partial charge in [0.05, 0.1) is 12.7 Å². The third-order valence-electron chi connectivity index (χ3n) is 4.16. The van der Waals surface area contributed by atoms with Gasteiger partial charge in [0.2, 0.25) is 5.89 Å². The molecule has 1 N–H and O–H groups in total. The van der Waals surface area contributed by atoms with E-state index in [1.807, 2.05) is 30.3 Å². The van der Waals surface area contributed by atoms with Crippen molar-refractivity contribution in [2.45, 2.75) is 38.3 Å². The zero-order valence-electron chi connectivity index (χ0n) is 12.2. The van der Waals surface area contributed by atoms with Gasteiger partial charge in [-0.3, -0.25) is 4.90 Å². The molecule has 1 aromatic carbocycles. The summed E-state index contributed by atoms with van der Waals surface area (Å²) in [6.07, 6.45) is 6.27. The number of aliphatic hydroxyl groups excluding tert-OH is 1. The molecule has 4 heteroatoms. The van der Waals surface area contributed by atoms with Gasteiger partial charge in [0.1, 0.15) is 0 Å². The lowest BCUT2D eigenvalue weighted by Crippen LogP contribution is -2.39. The summed E-state index contributed by atoms with van der Waals surface area (Å²) in [4.78, 5) is 6.80. The van der Waals surface area contributed by atoms with Crippen molar-refractivity contribution in [2.75, 3.05) is 13.2 Å². The van der Waals surface area contributed by atoms with Gasteiger partial charge in [0, 0.05) is 18.2 Å². The Morgan fingerprint density at radius 1 is 1.24 bits per heavy atom. The van der Waals surface area contributed by atoms with Gasteiger partial charge in [0.25, 0.3) is 0 Å². The molecule has 1 aliphatic rings. The van der Waals surface area contributed by atoms with Crippen LogP contribution in [0.2, 0.25) is 0 Å². The lowest BCUT2D eigenvalue weighted by molar-refractivity contribution is 0.103. The van der Waals surface area contributed by atoms with Gasteiger partial charge in [0.15, 0.2) is 5.76 Å². The molecule has 0 amide bonds. The number of aliphatic hydroxyl groups is 1. The standard InChI is InChI=1S/C17H22N2O2/c20-11-9-15-8-4-5-10-19(15)13-17-18-12-16(21-17)14-6-2-1-3-7-14/h1-3,6-7,12,15,20H,4-5,8-11,13H2/t15-/m1/s1. The van der Waals surface area contributed by atoms with Gasteiger partial charge in [-0.2, -0.15) is 0 Å². The van der Waals surface area contributed by atoms with Gasteiger partial charge in [-0.15, -0.1) is 0 Å². The number of rotatable bonds is 5. The van der Waals surface area contributed by atoms with Gasteiger partial charge < -0.3 is 9.52 Å². The maximum Gasteiger partial charge on any atom is 0.209 e. The number of benzene rings is 1. The van der Waals surface area contributed by atoms with Crippen LogP contribution >= 0.6 is 0 Å². The minimum atomic E-state index is 0.252. The second-order valence-electron chi connectivity index (χ2n) is 5.62. The number of aromatic nitrogens is 1. The molecule has 0 spiro atoms. The minimum Gasteiger partial charge on any atom is -0.439 e. The summed E-state index contributed by atoms with van der Waals surface area (Å²) in [5.74, 6) is 1.58. The summed E-state index contributed by atoms with van der Waals surface area (Å²) in [7, 11) is 0. The van der Waals surface area contributed by atoms with Crippen LogP contribution in [-0.4, -0.2) is 34.2 Å². The van der Waals surface area contributed by atoms with Crippen LogP contribution in [0.5, 0.6) is 0 Å². The van der Waals surface area contributed by atoms with E-state index >= 15 is 0 Å². The monoisotopic (exact) mass is 286 g/mol. The fraction of sp³-hybridized carbons (Fsp3) is 0.471. The van der Waals surface area contributed by atoms with Crippen LogP contribution in [0.15, 0.2) is 40.9 Å². The smallest absolute Gasteiger partial charge is 0.209 e. The Kier molecular flexibility index (Phi) is 4.68. The highest BCUT2D eigenvalue weighted by atomic mass is 16.4. The highest BCUT2D eigenvalue weighted by Gasteiger charge is 2.23. The van der Waals surface area contributed by atoms with E-state index in [4.69, 9.17) is 4.42 Å². The molecule has 2 aromatic rings. The molecule has 2 heterocycles. The van der Waals surface area contributed by atoms with E-state index in [1.165, 1.54) is 12.8 Å². The second kappa shape index (κ2) is 6.87. The topological polar surface area (TPSA) is 49.5 Å². The Bertz CT molecular complexity index is 551. The molecule has 1 aromatic heterocycles. The fourth-order valence-electron chi connectivity index (χ4n) is 3.04. The van der Waals surface area contributed by atoms with Crippen LogP contribution in [0.25, 0.3) is 11.3 Å². The molecule has 3 rings (SSSR count). The minimum absolute atomic E-state index is 0.252. The first-order valence-electron chi connectivity index (χ1n) is 7.72. The Hall–Kier alpha value is -1.65.